The van der Waals surface area contributed by atoms with Crippen molar-refractivity contribution >= 4 is 87.0 Å². The van der Waals surface area contributed by atoms with Crippen LogP contribution in [-0.2, 0) is 5.41 Å². The van der Waals surface area contributed by atoms with Gasteiger partial charge in [0.15, 0.2) is 0 Å². The molecule has 12 aromatic carbocycles. The highest BCUT2D eigenvalue weighted by Gasteiger charge is 2.38. The predicted octanol–water partition coefficient (Wildman–Crippen LogP) is 19.1. The summed E-state index contributed by atoms with van der Waals surface area (Å²) in [7, 11) is 0. The average Bonchev–Trinajstić information content (AvgIpc) is 4.04. The van der Waals surface area contributed by atoms with Crippen LogP contribution in [0.2, 0.25) is 0 Å². The Hall–Kier alpha value is -8.72. The van der Waals surface area contributed by atoms with Crippen molar-refractivity contribution in [2.24, 2.45) is 0 Å². The zero-order chi connectivity index (χ0) is 45.5. The van der Waals surface area contributed by atoms with Crippen LogP contribution in [0.3, 0.4) is 0 Å². The SMILES string of the molecule is CC1(C)c2ccc(-c3ccc4oc5ccc(-c6c7ccccc7c(-c7cccc(-c8ccc9oc%10ccccc%10c9c8)c7)c7ccccc67)cc5c4c3)cc2-c2c1c1ccccc1c1ccccc21. The molecule has 0 bridgehead atoms. The van der Waals surface area contributed by atoms with Gasteiger partial charge in [-0.25, -0.2) is 0 Å². The Labute approximate surface area is 398 Å². The van der Waals surface area contributed by atoms with E-state index in [2.05, 4.69) is 220 Å². The quantitative estimate of drug-likeness (QED) is 0.130. The van der Waals surface area contributed by atoms with E-state index in [1.54, 1.807) is 0 Å². The monoisotopic (exact) mass is 878 g/mol. The second-order valence-corrected chi connectivity index (χ2v) is 19.5. The van der Waals surface area contributed by atoms with E-state index >= 15 is 0 Å². The Morgan fingerprint density at radius 3 is 1.23 bits per heavy atom. The standard InChI is InChI=1S/C67H42O2/c1-67(2)58-30-26-40(37-57(58)65-48-19-5-3-16-45(48)46-17-4-10-24-53(46)66(65)67)42-28-32-61-55(36-42)56-38-44(29-33-62(56)69-61)64-51-22-8-6-20-49(51)63(50-21-7-9-23-52(50)64)43-15-13-14-39(34-43)41-27-31-60-54(35-41)47-18-11-12-25-59(47)68-60/h3-38H,1-2H3. The largest absolute Gasteiger partial charge is 0.456 e. The third-order valence-corrected chi connectivity index (χ3v) is 15.4. The number of benzene rings is 12. The molecule has 0 unspecified atom stereocenters. The molecule has 14 aromatic rings. The van der Waals surface area contributed by atoms with E-state index in [-0.39, 0.29) is 5.41 Å². The zero-order valence-electron chi connectivity index (χ0n) is 38.1. The fourth-order valence-corrected chi connectivity index (χ4v) is 12.3. The van der Waals surface area contributed by atoms with Gasteiger partial charge in [-0.15, -0.1) is 0 Å². The van der Waals surface area contributed by atoms with E-state index in [1.807, 2.05) is 12.1 Å². The van der Waals surface area contributed by atoms with Gasteiger partial charge in [0, 0.05) is 27.0 Å². The molecule has 15 rings (SSSR count). The summed E-state index contributed by atoms with van der Waals surface area (Å²) in [5, 5.41) is 14.7. The molecule has 2 heteroatoms. The number of fused-ring (bicyclic) bond motifs is 16. The first kappa shape index (κ1) is 38.4. The van der Waals surface area contributed by atoms with Crippen molar-refractivity contribution in [1.29, 1.82) is 0 Å². The Bertz CT molecular complexity index is 4460. The minimum absolute atomic E-state index is 0.142. The molecule has 0 fully saturated rings. The molecule has 322 valence electrons. The number of rotatable bonds is 4. The maximum absolute atomic E-state index is 6.61. The summed E-state index contributed by atoms with van der Waals surface area (Å²) in [5.74, 6) is 0. The van der Waals surface area contributed by atoms with E-state index in [0.29, 0.717) is 0 Å². The van der Waals surface area contributed by atoms with Gasteiger partial charge in [0.2, 0.25) is 0 Å². The van der Waals surface area contributed by atoms with Gasteiger partial charge in [-0.05, 0) is 164 Å². The second kappa shape index (κ2) is 14.2. The van der Waals surface area contributed by atoms with Crippen LogP contribution in [0.4, 0.5) is 0 Å². The van der Waals surface area contributed by atoms with E-state index in [4.69, 9.17) is 8.83 Å². The lowest BCUT2D eigenvalue weighted by atomic mass is 9.79. The molecule has 0 radical (unpaired) electrons. The number of para-hydroxylation sites is 1. The molecule has 1 aliphatic carbocycles. The van der Waals surface area contributed by atoms with E-state index in [9.17, 15) is 0 Å². The predicted molar refractivity (Wildman–Crippen MR) is 290 cm³/mol. The van der Waals surface area contributed by atoms with Crippen molar-refractivity contribution in [3.63, 3.8) is 0 Å². The van der Waals surface area contributed by atoms with Crippen LogP contribution in [0.1, 0.15) is 25.0 Å². The van der Waals surface area contributed by atoms with Gasteiger partial charge in [0.25, 0.3) is 0 Å². The van der Waals surface area contributed by atoms with E-state index < -0.39 is 0 Å². The molecule has 0 N–H and O–H groups in total. The van der Waals surface area contributed by atoms with Crippen LogP contribution in [0.25, 0.3) is 143 Å². The second-order valence-electron chi connectivity index (χ2n) is 19.5. The van der Waals surface area contributed by atoms with Crippen LogP contribution in [0, 0.1) is 0 Å². The Morgan fingerprint density at radius 1 is 0.261 bits per heavy atom. The molecular formula is C67H42O2. The summed E-state index contributed by atoms with van der Waals surface area (Å²) in [6.07, 6.45) is 0. The zero-order valence-corrected chi connectivity index (χ0v) is 38.1. The van der Waals surface area contributed by atoms with Gasteiger partial charge in [-0.2, -0.15) is 0 Å². The minimum atomic E-state index is -0.142. The van der Waals surface area contributed by atoms with Crippen LogP contribution in [0.5, 0.6) is 0 Å². The van der Waals surface area contributed by atoms with Gasteiger partial charge >= 0.3 is 0 Å². The Morgan fingerprint density at radius 2 is 0.638 bits per heavy atom. The van der Waals surface area contributed by atoms with Crippen molar-refractivity contribution < 1.29 is 8.83 Å². The summed E-state index contributed by atoms with van der Waals surface area (Å²) in [5.41, 5.74) is 18.5. The van der Waals surface area contributed by atoms with Crippen molar-refractivity contribution in [1.82, 2.24) is 0 Å². The Balaban J connectivity index is 0.874. The summed E-state index contributed by atoms with van der Waals surface area (Å²) in [6.45, 7) is 4.78. The molecular weight excluding hydrogens is 837 g/mol. The molecule has 0 amide bonds. The van der Waals surface area contributed by atoms with Crippen LogP contribution in [0.15, 0.2) is 227 Å². The van der Waals surface area contributed by atoms with Gasteiger partial charge in [0.05, 0.1) is 0 Å². The smallest absolute Gasteiger partial charge is 0.135 e. The summed E-state index contributed by atoms with van der Waals surface area (Å²) in [4.78, 5) is 0. The molecule has 0 atom stereocenters. The molecule has 2 heterocycles. The molecule has 0 saturated carbocycles. The van der Waals surface area contributed by atoms with Gasteiger partial charge in [0.1, 0.15) is 22.3 Å². The molecule has 0 saturated heterocycles. The van der Waals surface area contributed by atoms with Crippen molar-refractivity contribution in [3.05, 3.63) is 230 Å². The fraction of sp³-hybridized carbons (Fsp3) is 0.0448. The molecule has 0 aliphatic heterocycles. The lowest BCUT2D eigenvalue weighted by Crippen LogP contribution is -2.15. The molecule has 69 heavy (non-hydrogen) atoms. The highest BCUT2D eigenvalue weighted by atomic mass is 16.3. The topological polar surface area (TPSA) is 26.3 Å². The molecule has 1 aliphatic rings. The lowest BCUT2D eigenvalue weighted by Gasteiger charge is -2.24. The lowest BCUT2D eigenvalue weighted by molar-refractivity contribution is 0.666. The van der Waals surface area contributed by atoms with Crippen LogP contribution in [-0.4, -0.2) is 0 Å². The highest BCUT2D eigenvalue weighted by Crippen LogP contribution is 2.55. The molecule has 2 aromatic heterocycles. The van der Waals surface area contributed by atoms with Crippen LogP contribution >= 0.6 is 0 Å². The van der Waals surface area contributed by atoms with Gasteiger partial charge in [-0.3, -0.25) is 0 Å². The maximum Gasteiger partial charge on any atom is 0.135 e. The summed E-state index contributed by atoms with van der Waals surface area (Å²) < 4.78 is 12.8. The third kappa shape index (κ3) is 5.49. The first-order valence-corrected chi connectivity index (χ1v) is 24.0. The first-order valence-electron chi connectivity index (χ1n) is 24.0. The van der Waals surface area contributed by atoms with E-state index in [1.165, 1.54) is 104 Å². The minimum Gasteiger partial charge on any atom is -0.456 e. The summed E-state index contributed by atoms with van der Waals surface area (Å²) in [6, 6.07) is 80.2. The molecule has 2 nitrogen and oxygen atoms in total. The van der Waals surface area contributed by atoms with Crippen molar-refractivity contribution in [2.75, 3.05) is 0 Å². The number of hydrogen-bond acceptors (Lipinski definition) is 2. The first-order chi connectivity index (χ1) is 34.0. The normalized spacial score (nSPS) is 13.2. The fourth-order valence-electron chi connectivity index (χ4n) is 12.3. The Kier molecular flexibility index (Phi) is 7.87. The highest BCUT2D eigenvalue weighted by molar-refractivity contribution is 6.23. The average molecular weight is 879 g/mol. The molecule has 0 spiro atoms. The van der Waals surface area contributed by atoms with Crippen molar-refractivity contribution in [2.45, 2.75) is 19.3 Å². The van der Waals surface area contributed by atoms with Crippen molar-refractivity contribution in [3.8, 4) is 55.6 Å². The van der Waals surface area contributed by atoms with E-state index in [0.717, 1.165) is 49.4 Å². The third-order valence-electron chi connectivity index (χ3n) is 15.4. The van der Waals surface area contributed by atoms with Gasteiger partial charge < -0.3 is 8.83 Å². The number of hydrogen-bond donors (Lipinski definition) is 0. The maximum atomic E-state index is 6.61. The summed E-state index contributed by atoms with van der Waals surface area (Å²) >= 11 is 0. The van der Waals surface area contributed by atoms with Crippen LogP contribution < -0.4 is 0 Å². The van der Waals surface area contributed by atoms with Gasteiger partial charge in [-0.1, -0.05) is 178 Å². The number of furan rings is 2.